The van der Waals surface area contributed by atoms with Crippen LogP contribution in [0.2, 0.25) is 0 Å². The lowest BCUT2D eigenvalue weighted by atomic mass is 9.77. The smallest absolute Gasteiger partial charge is 0.320 e. The maximum absolute atomic E-state index is 12.4. The van der Waals surface area contributed by atoms with Gasteiger partial charge in [-0.3, -0.25) is 29.8 Å². The Labute approximate surface area is 165 Å². The molecule has 0 aliphatic carbocycles. The number of ether oxygens (including phenoxy) is 2. The van der Waals surface area contributed by atoms with Crippen molar-refractivity contribution in [3.8, 4) is 0 Å². The highest BCUT2D eigenvalue weighted by Crippen LogP contribution is 2.41. The van der Waals surface area contributed by atoms with Crippen LogP contribution in [0.5, 0.6) is 0 Å². The minimum absolute atomic E-state index is 0.0607. The first-order valence-electron chi connectivity index (χ1n) is 8.40. The van der Waals surface area contributed by atoms with E-state index in [2.05, 4.69) is 9.47 Å². The molecule has 0 aromatic heterocycles. The summed E-state index contributed by atoms with van der Waals surface area (Å²) in [4.78, 5) is 46.8. The molecule has 0 aliphatic heterocycles. The third-order valence-electron chi connectivity index (χ3n) is 4.44. The van der Waals surface area contributed by atoms with E-state index in [1.54, 1.807) is 18.2 Å². The lowest BCUT2D eigenvalue weighted by Crippen LogP contribution is -2.37. The summed E-state index contributed by atoms with van der Waals surface area (Å²) < 4.78 is 9.37. The second-order valence-electron chi connectivity index (χ2n) is 6.04. The number of nitro groups is 2. The molecular weight excluding hydrogens is 384 g/mol. The van der Waals surface area contributed by atoms with Gasteiger partial charge in [-0.25, -0.2) is 0 Å². The molecular formula is C19H18N2O8. The third kappa shape index (κ3) is 4.72. The molecule has 29 heavy (non-hydrogen) atoms. The first-order valence-corrected chi connectivity index (χ1v) is 8.40. The molecule has 0 aliphatic rings. The fraction of sp³-hybridized carbons (Fsp3) is 0.263. The Balaban J connectivity index is 2.77. The molecule has 0 unspecified atom stereocenters. The molecule has 2 atom stereocenters. The summed E-state index contributed by atoms with van der Waals surface area (Å²) >= 11 is 0. The first-order chi connectivity index (χ1) is 13.8. The van der Waals surface area contributed by atoms with Gasteiger partial charge in [0, 0.05) is 22.6 Å². The summed E-state index contributed by atoms with van der Waals surface area (Å²) in [6.07, 6.45) is 0. The highest BCUT2D eigenvalue weighted by atomic mass is 16.6. The normalized spacial score (nSPS) is 12.7. The average molecular weight is 402 g/mol. The fourth-order valence-electron chi connectivity index (χ4n) is 3.16. The lowest BCUT2D eigenvalue weighted by Gasteiger charge is -2.26. The van der Waals surface area contributed by atoms with Crippen LogP contribution in [0, 0.1) is 26.1 Å². The van der Waals surface area contributed by atoms with Gasteiger partial charge in [-0.05, 0) is 5.56 Å². The van der Waals surface area contributed by atoms with Crippen LogP contribution in [0.15, 0.2) is 54.6 Å². The summed E-state index contributed by atoms with van der Waals surface area (Å²) in [5.41, 5.74) is -0.0616. The Morgan fingerprint density at radius 2 is 1.41 bits per heavy atom. The summed E-state index contributed by atoms with van der Waals surface area (Å²) in [5.74, 6) is -5.21. The predicted octanol–water partition coefficient (Wildman–Crippen LogP) is 2.66. The number of nitro benzene ring substituents is 1. The quantitative estimate of drug-likeness (QED) is 0.284. The average Bonchev–Trinajstić information content (AvgIpc) is 2.73. The van der Waals surface area contributed by atoms with E-state index in [1.165, 1.54) is 30.3 Å². The summed E-state index contributed by atoms with van der Waals surface area (Å²) in [5, 5.41) is 23.2. The zero-order valence-electron chi connectivity index (χ0n) is 15.6. The van der Waals surface area contributed by atoms with Gasteiger partial charge in [-0.15, -0.1) is 0 Å². The van der Waals surface area contributed by atoms with Crippen molar-refractivity contribution in [3.63, 3.8) is 0 Å². The zero-order valence-corrected chi connectivity index (χ0v) is 15.6. The van der Waals surface area contributed by atoms with Crippen LogP contribution in [0.25, 0.3) is 0 Å². The number of carbonyl (C=O) groups excluding carboxylic acids is 2. The fourth-order valence-corrected chi connectivity index (χ4v) is 3.16. The molecule has 0 saturated heterocycles. The molecule has 2 rings (SSSR count). The van der Waals surface area contributed by atoms with Crippen molar-refractivity contribution in [1.82, 2.24) is 0 Å². The Morgan fingerprint density at radius 3 is 1.90 bits per heavy atom. The molecule has 152 valence electrons. The maximum Gasteiger partial charge on any atom is 0.320 e. The topological polar surface area (TPSA) is 139 Å². The molecule has 2 aromatic rings. The molecule has 0 amide bonds. The van der Waals surface area contributed by atoms with Gasteiger partial charge < -0.3 is 9.47 Å². The van der Waals surface area contributed by atoms with Gasteiger partial charge in [0.05, 0.1) is 25.1 Å². The van der Waals surface area contributed by atoms with Gasteiger partial charge >= 0.3 is 11.9 Å². The molecule has 0 N–H and O–H groups in total. The predicted molar refractivity (Wildman–Crippen MR) is 99.5 cm³/mol. The van der Waals surface area contributed by atoms with E-state index in [0.29, 0.717) is 0 Å². The summed E-state index contributed by atoms with van der Waals surface area (Å²) in [6, 6.07) is 11.2. The van der Waals surface area contributed by atoms with Crippen molar-refractivity contribution in [2.75, 3.05) is 14.2 Å². The van der Waals surface area contributed by atoms with Crippen molar-refractivity contribution in [1.29, 1.82) is 0 Å². The maximum atomic E-state index is 12.4. The summed E-state index contributed by atoms with van der Waals surface area (Å²) in [6.45, 7) is 0. The number of non-ortho nitro benzene ring substituents is 1. The highest BCUT2D eigenvalue weighted by molar-refractivity contribution is 5.96. The van der Waals surface area contributed by atoms with E-state index >= 15 is 0 Å². The van der Waals surface area contributed by atoms with Crippen LogP contribution < -0.4 is 0 Å². The molecule has 2 aromatic carbocycles. The first kappa shape index (κ1) is 21.5. The molecule has 10 heteroatoms. The summed E-state index contributed by atoms with van der Waals surface area (Å²) in [7, 11) is 2.07. The van der Waals surface area contributed by atoms with E-state index in [0.717, 1.165) is 20.3 Å². The number of carbonyl (C=O) groups is 2. The van der Waals surface area contributed by atoms with Crippen molar-refractivity contribution in [2.24, 2.45) is 5.92 Å². The minimum Gasteiger partial charge on any atom is -0.468 e. The Kier molecular flexibility index (Phi) is 6.96. The second kappa shape index (κ2) is 9.40. The molecule has 0 radical (unpaired) electrons. The van der Waals surface area contributed by atoms with Gasteiger partial charge in [0.15, 0.2) is 5.92 Å². The van der Waals surface area contributed by atoms with Crippen LogP contribution in [-0.4, -0.2) is 36.0 Å². The number of nitrogens with zero attached hydrogens (tertiary/aromatic N) is 2. The minimum atomic E-state index is -1.71. The van der Waals surface area contributed by atoms with Gasteiger partial charge in [0.25, 0.3) is 5.69 Å². The van der Waals surface area contributed by atoms with Crippen LogP contribution in [-0.2, 0) is 19.1 Å². The largest absolute Gasteiger partial charge is 0.468 e. The van der Waals surface area contributed by atoms with Crippen molar-refractivity contribution < 1.29 is 28.9 Å². The number of hydrogen-bond donors (Lipinski definition) is 0. The molecule has 0 bridgehead atoms. The van der Waals surface area contributed by atoms with Gasteiger partial charge in [-0.1, -0.05) is 42.5 Å². The van der Waals surface area contributed by atoms with Gasteiger partial charge in [-0.2, -0.15) is 0 Å². The molecule has 0 fully saturated rings. The lowest BCUT2D eigenvalue weighted by molar-refractivity contribution is -0.534. The van der Waals surface area contributed by atoms with Crippen LogP contribution >= 0.6 is 0 Å². The van der Waals surface area contributed by atoms with Crippen molar-refractivity contribution in [3.05, 3.63) is 86.0 Å². The standard InChI is InChI=1S/C19H18N2O8/c1-28-18(22)16(19(23)29-2)15(13-9-6-10-14(11-13)20(24)25)17(21(26)27)12-7-4-3-5-8-12/h3-11,15-17H,1-2H3/t15-,17-/m0/s1. The van der Waals surface area contributed by atoms with E-state index in [4.69, 9.17) is 0 Å². The van der Waals surface area contributed by atoms with Crippen LogP contribution in [0.1, 0.15) is 23.1 Å². The number of esters is 2. The Morgan fingerprint density at radius 1 is 0.862 bits per heavy atom. The van der Waals surface area contributed by atoms with E-state index in [1.807, 2.05) is 0 Å². The number of hydrogen-bond acceptors (Lipinski definition) is 8. The second-order valence-corrected chi connectivity index (χ2v) is 6.04. The molecule has 10 nitrogen and oxygen atoms in total. The highest BCUT2D eigenvalue weighted by Gasteiger charge is 2.48. The Hall–Kier alpha value is -3.82. The SMILES string of the molecule is COC(=O)C(C(=O)OC)[C@H](c1cccc([N+](=O)[O-])c1)[C@H](c1ccccc1)[N+](=O)[O-]. The number of rotatable bonds is 8. The monoisotopic (exact) mass is 402 g/mol. The van der Waals surface area contributed by atoms with Crippen LogP contribution in [0.4, 0.5) is 5.69 Å². The van der Waals surface area contributed by atoms with Crippen molar-refractivity contribution >= 4 is 17.6 Å². The Bertz CT molecular complexity index is 899. The number of methoxy groups -OCH3 is 2. The number of benzene rings is 2. The molecule has 0 saturated carbocycles. The van der Waals surface area contributed by atoms with Crippen molar-refractivity contribution in [2.45, 2.75) is 12.0 Å². The molecule has 0 heterocycles. The van der Waals surface area contributed by atoms with Gasteiger partial charge in [0.1, 0.15) is 0 Å². The van der Waals surface area contributed by atoms with E-state index in [-0.39, 0.29) is 16.8 Å². The van der Waals surface area contributed by atoms with E-state index < -0.39 is 39.7 Å². The third-order valence-corrected chi connectivity index (χ3v) is 4.44. The van der Waals surface area contributed by atoms with E-state index in [9.17, 15) is 29.8 Å². The van der Waals surface area contributed by atoms with Crippen LogP contribution in [0.3, 0.4) is 0 Å². The van der Waals surface area contributed by atoms with Gasteiger partial charge in [0.2, 0.25) is 6.04 Å². The zero-order chi connectivity index (χ0) is 21.6. The molecule has 0 spiro atoms.